The highest BCUT2D eigenvalue weighted by molar-refractivity contribution is 7.78. The highest BCUT2D eigenvalue weighted by Crippen LogP contribution is 2.18. The van der Waals surface area contributed by atoms with Gasteiger partial charge in [0.05, 0.1) is 7.11 Å². The number of nitrogens with one attached hydrogen (secondary N) is 1. The van der Waals surface area contributed by atoms with Crippen LogP contribution in [0.2, 0.25) is 0 Å². The van der Waals surface area contributed by atoms with E-state index in [0.717, 1.165) is 4.31 Å². The van der Waals surface area contributed by atoms with E-state index in [9.17, 15) is 19.5 Å². The second kappa shape index (κ2) is 10.4. The van der Waals surface area contributed by atoms with Crippen molar-refractivity contribution in [1.29, 1.82) is 0 Å². The van der Waals surface area contributed by atoms with E-state index in [1.807, 2.05) is 0 Å². The Labute approximate surface area is 151 Å². The maximum atomic E-state index is 12.2. The molecule has 0 saturated heterocycles. The first kappa shape index (κ1) is 20.6. The normalized spacial score (nSPS) is 11.4. The fourth-order valence-corrected chi connectivity index (χ4v) is 2.40. The van der Waals surface area contributed by atoms with Crippen molar-refractivity contribution in [3.05, 3.63) is 24.3 Å². The van der Waals surface area contributed by atoms with E-state index in [0.29, 0.717) is 30.7 Å². The van der Waals surface area contributed by atoms with Crippen LogP contribution in [0.25, 0.3) is 0 Å². The lowest BCUT2D eigenvalue weighted by Crippen LogP contribution is -2.41. The third kappa shape index (κ3) is 7.34. The van der Waals surface area contributed by atoms with Crippen LogP contribution in [0.3, 0.4) is 0 Å². The monoisotopic (exact) mass is 370 g/mol. The molecule has 0 aromatic heterocycles. The van der Waals surface area contributed by atoms with Gasteiger partial charge in [-0.05, 0) is 37.1 Å². The number of unbranched alkanes of at least 4 members (excludes halogenated alkanes) is 2. The lowest BCUT2D eigenvalue weighted by atomic mass is 10.1. The lowest BCUT2D eigenvalue weighted by molar-refractivity contribution is -0.141. The summed E-state index contributed by atoms with van der Waals surface area (Å²) < 4.78 is 5.85. The van der Waals surface area contributed by atoms with Gasteiger partial charge < -0.3 is 20.3 Å². The summed E-state index contributed by atoms with van der Waals surface area (Å²) >= 11 is 4.01. The Hall–Kier alpha value is -2.42. The average Bonchev–Trinajstić information content (AvgIpc) is 2.57. The van der Waals surface area contributed by atoms with Crippen LogP contribution in [0.15, 0.2) is 24.3 Å². The van der Waals surface area contributed by atoms with E-state index in [4.69, 9.17) is 9.84 Å². The zero-order chi connectivity index (χ0) is 18.8. The van der Waals surface area contributed by atoms with Crippen LogP contribution in [-0.2, 0) is 9.59 Å². The summed E-state index contributed by atoms with van der Waals surface area (Å²) in [5, 5.41) is 20.4. The van der Waals surface area contributed by atoms with Crippen molar-refractivity contribution in [1.82, 2.24) is 4.31 Å². The first-order valence-corrected chi connectivity index (χ1v) is 8.13. The highest BCUT2D eigenvalue weighted by atomic mass is 32.1. The van der Waals surface area contributed by atoms with Gasteiger partial charge in [-0.15, -0.1) is 0 Å². The number of anilines is 1. The zero-order valence-corrected chi connectivity index (χ0v) is 14.7. The fourth-order valence-electron chi connectivity index (χ4n) is 2.14. The number of thiol groups is 1. The minimum absolute atomic E-state index is 0.0419. The Morgan fingerprint density at radius 2 is 1.80 bits per heavy atom. The molecule has 0 aliphatic carbocycles. The third-order valence-corrected chi connectivity index (χ3v) is 3.96. The summed E-state index contributed by atoms with van der Waals surface area (Å²) in [6.07, 6.45) is 1.75. The Bertz CT molecular complexity index is 593. The summed E-state index contributed by atoms with van der Waals surface area (Å²) in [5.74, 6) is -1.42. The molecule has 0 fully saturated rings. The van der Waals surface area contributed by atoms with E-state index in [2.05, 4.69) is 18.1 Å². The largest absolute Gasteiger partial charge is 0.497 e. The topological polar surface area (TPSA) is 116 Å². The molecule has 2 amide bonds. The SMILES string of the molecule is COc1ccc(NC(=O)N(S)C(CCCCCC(=O)O)C(=O)O)cc1. The number of carboxylic acid groups (broad SMARTS) is 2. The molecule has 138 valence electrons. The predicted molar refractivity (Wildman–Crippen MR) is 95.0 cm³/mol. The molecule has 0 radical (unpaired) electrons. The Morgan fingerprint density at radius 3 is 2.32 bits per heavy atom. The molecule has 1 unspecified atom stereocenters. The van der Waals surface area contributed by atoms with Gasteiger partial charge in [0.25, 0.3) is 0 Å². The van der Waals surface area contributed by atoms with E-state index >= 15 is 0 Å². The number of carbonyl (C=O) groups is 3. The van der Waals surface area contributed by atoms with Gasteiger partial charge in [0.1, 0.15) is 11.8 Å². The van der Waals surface area contributed by atoms with Crippen molar-refractivity contribution in [3.8, 4) is 5.75 Å². The quantitative estimate of drug-likeness (QED) is 0.372. The van der Waals surface area contributed by atoms with Crippen LogP contribution in [0.1, 0.15) is 32.1 Å². The van der Waals surface area contributed by atoms with Crippen molar-refractivity contribution in [3.63, 3.8) is 0 Å². The van der Waals surface area contributed by atoms with Gasteiger partial charge >= 0.3 is 18.0 Å². The van der Waals surface area contributed by atoms with Crippen molar-refractivity contribution < 1.29 is 29.3 Å². The average molecular weight is 370 g/mol. The number of ether oxygens (including phenoxy) is 1. The fraction of sp³-hybridized carbons (Fsp3) is 0.438. The summed E-state index contributed by atoms with van der Waals surface area (Å²) in [7, 11) is 1.52. The molecule has 0 heterocycles. The molecule has 3 N–H and O–H groups in total. The van der Waals surface area contributed by atoms with E-state index in [1.165, 1.54) is 7.11 Å². The molecular formula is C16H22N2O6S. The number of hydrogen-bond donors (Lipinski definition) is 4. The number of aliphatic carboxylic acids is 2. The first-order valence-electron chi connectivity index (χ1n) is 7.73. The van der Waals surface area contributed by atoms with Crippen molar-refractivity contribution in [2.24, 2.45) is 0 Å². The van der Waals surface area contributed by atoms with Crippen LogP contribution in [0.4, 0.5) is 10.5 Å². The molecule has 0 spiro atoms. The number of carboxylic acids is 2. The summed E-state index contributed by atoms with van der Waals surface area (Å²) in [4.78, 5) is 34.0. The Kier molecular flexibility index (Phi) is 8.62. The van der Waals surface area contributed by atoms with Crippen molar-refractivity contribution in [2.75, 3.05) is 12.4 Å². The molecule has 1 aromatic rings. The highest BCUT2D eigenvalue weighted by Gasteiger charge is 2.27. The number of amides is 2. The van der Waals surface area contributed by atoms with E-state index < -0.39 is 24.0 Å². The van der Waals surface area contributed by atoms with E-state index in [1.54, 1.807) is 24.3 Å². The molecule has 0 bridgehead atoms. The van der Waals surface area contributed by atoms with Gasteiger partial charge in [-0.1, -0.05) is 25.7 Å². The lowest BCUT2D eigenvalue weighted by Gasteiger charge is -2.23. The van der Waals surface area contributed by atoms with Crippen molar-refractivity contribution in [2.45, 2.75) is 38.1 Å². The second-order valence-electron chi connectivity index (χ2n) is 5.35. The molecule has 25 heavy (non-hydrogen) atoms. The minimum atomic E-state index is -1.17. The van der Waals surface area contributed by atoms with Gasteiger partial charge in [-0.2, -0.15) is 0 Å². The summed E-state index contributed by atoms with van der Waals surface area (Å²) in [6, 6.07) is 4.81. The predicted octanol–water partition coefficient (Wildman–Crippen LogP) is 2.86. The molecule has 0 aliphatic rings. The third-order valence-electron chi connectivity index (χ3n) is 3.50. The number of methoxy groups -OCH3 is 1. The van der Waals surface area contributed by atoms with Gasteiger partial charge in [-0.25, -0.2) is 9.59 Å². The molecular weight excluding hydrogens is 348 g/mol. The van der Waals surface area contributed by atoms with Gasteiger partial charge in [0, 0.05) is 12.1 Å². The molecule has 1 rings (SSSR count). The van der Waals surface area contributed by atoms with Crippen molar-refractivity contribution >= 4 is 36.5 Å². The number of urea groups is 1. The molecule has 9 heteroatoms. The summed E-state index contributed by atoms with van der Waals surface area (Å²) in [6.45, 7) is 0. The molecule has 8 nitrogen and oxygen atoms in total. The van der Waals surface area contributed by atoms with Crippen LogP contribution in [0.5, 0.6) is 5.75 Å². The van der Waals surface area contributed by atoms with Crippen LogP contribution in [0, 0.1) is 0 Å². The molecule has 0 saturated carbocycles. The first-order chi connectivity index (χ1) is 11.8. The standard InChI is InChI=1S/C16H22N2O6S/c1-24-12-9-7-11(8-10-12)17-16(23)18(25)13(15(21)22)5-3-2-4-6-14(19)20/h7-10,13,25H,2-6H2,1H3,(H,17,23)(H,19,20)(H,21,22). The Balaban J connectivity index is 2.55. The number of hydrogen-bond acceptors (Lipinski definition) is 5. The molecule has 0 aliphatic heterocycles. The van der Waals surface area contributed by atoms with E-state index in [-0.39, 0.29) is 12.8 Å². The smallest absolute Gasteiger partial charge is 0.332 e. The van der Waals surface area contributed by atoms with Gasteiger partial charge in [0.15, 0.2) is 0 Å². The maximum Gasteiger partial charge on any atom is 0.332 e. The minimum Gasteiger partial charge on any atom is -0.497 e. The van der Waals surface area contributed by atoms with Gasteiger partial charge in [0.2, 0.25) is 0 Å². The Morgan fingerprint density at radius 1 is 1.16 bits per heavy atom. The maximum absolute atomic E-state index is 12.2. The zero-order valence-electron chi connectivity index (χ0n) is 13.8. The van der Waals surface area contributed by atoms with Crippen LogP contribution >= 0.6 is 12.8 Å². The number of rotatable bonds is 10. The number of nitrogens with zero attached hydrogens (tertiary/aromatic N) is 1. The van der Waals surface area contributed by atoms with Gasteiger partial charge in [-0.3, -0.25) is 9.10 Å². The second-order valence-corrected chi connectivity index (χ2v) is 5.78. The number of carbonyl (C=O) groups excluding carboxylic acids is 1. The number of benzene rings is 1. The summed E-state index contributed by atoms with van der Waals surface area (Å²) in [5.41, 5.74) is 0.482. The molecule has 1 atom stereocenters. The molecule has 1 aromatic carbocycles. The van der Waals surface area contributed by atoms with Crippen LogP contribution < -0.4 is 10.1 Å². The van der Waals surface area contributed by atoms with Crippen LogP contribution in [-0.4, -0.2) is 45.6 Å².